The van der Waals surface area contributed by atoms with Crippen LogP contribution in [0.5, 0.6) is 0 Å². The number of hydrogen-bond acceptors (Lipinski definition) is 3. The summed E-state index contributed by atoms with van der Waals surface area (Å²) in [5.74, 6) is 5.78. The summed E-state index contributed by atoms with van der Waals surface area (Å²) in [5, 5.41) is 0. The molecule has 0 aliphatic carbocycles. The molecule has 1 saturated heterocycles. The molecule has 2 N–H and O–H groups in total. The van der Waals surface area contributed by atoms with E-state index in [4.69, 9.17) is 10.5 Å². The lowest BCUT2D eigenvalue weighted by Gasteiger charge is -2.16. The van der Waals surface area contributed by atoms with Crippen molar-refractivity contribution in [2.24, 2.45) is 5.73 Å². The van der Waals surface area contributed by atoms with Crippen LogP contribution >= 0.6 is 0 Å². The molecule has 1 aromatic carbocycles. The number of benzene rings is 1. The maximum atomic E-state index is 12.2. The van der Waals surface area contributed by atoms with E-state index in [0.717, 1.165) is 18.5 Å². The molecule has 1 unspecified atom stereocenters. The topological polar surface area (TPSA) is 55.6 Å². The fraction of sp³-hybridized carbons (Fsp3) is 0.400. The van der Waals surface area contributed by atoms with Gasteiger partial charge in [-0.25, -0.2) is 0 Å². The largest absolute Gasteiger partial charge is 0.380 e. The zero-order valence-electron chi connectivity index (χ0n) is 11.1. The van der Waals surface area contributed by atoms with E-state index >= 15 is 0 Å². The molecule has 4 nitrogen and oxygen atoms in total. The first-order valence-electron chi connectivity index (χ1n) is 6.35. The Bertz CT molecular complexity index is 499. The van der Waals surface area contributed by atoms with E-state index in [0.29, 0.717) is 18.7 Å². The lowest BCUT2D eigenvalue weighted by Crippen LogP contribution is -2.29. The molecule has 100 valence electrons. The summed E-state index contributed by atoms with van der Waals surface area (Å²) in [6.45, 7) is 1.77. The van der Waals surface area contributed by atoms with Gasteiger partial charge in [0.05, 0.1) is 12.6 Å². The molecule has 19 heavy (non-hydrogen) atoms. The number of carbonyl (C=O) groups excluding carboxylic acids is 1. The number of rotatable bonds is 2. The van der Waals surface area contributed by atoms with Gasteiger partial charge in [-0.3, -0.25) is 4.79 Å². The van der Waals surface area contributed by atoms with E-state index in [2.05, 4.69) is 11.8 Å². The van der Waals surface area contributed by atoms with Crippen molar-refractivity contribution in [3.63, 3.8) is 0 Å². The number of likely N-dealkylation sites (tertiary alicyclic amines) is 1. The quantitative estimate of drug-likeness (QED) is 0.800. The van der Waals surface area contributed by atoms with Crippen molar-refractivity contribution in [3.8, 4) is 11.8 Å². The number of amides is 1. The molecule has 0 radical (unpaired) electrons. The number of hydrogen-bond donors (Lipinski definition) is 1. The standard InChI is InChI=1S/C15H18N2O2/c1-19-14-8-10-17(11-14)15(18)13-6-4-12(5-7-13)3-2-9-16/h4-7,14H,8-11,16H2,1H3. The van der Waals surface area contributed by atoms with Crippen LogP contribution in [0.1, 0.15) is 22.3 Å². The normalized spacial score (nSPS) is 18.0. The zero-order chi connectivity index (χ0) is 13.7. The smallest absolute Gasteiger partial charge is 0.253 e. The van der Waals surface area contributed by atoms with Crippen LogP contribution in [0.3, 0.4) is 0 Å². The fourth-order valence-electron chi connectivity index (χ4n) is 2.14. The van der Waals surface area contributed by atoms with Crippen LogP contribution < -0.4 is 5.73 Å². The van der Waals surface area contributed by atoms with Gasteiger partial charge in [-0.2, -0.15) is 0 Å². The summed E-state index contributed by atoms with van der Waals surface area (Å²) >= 11 is 0. The Morgan fingerprint density at radius 1 is 1.47 bits per heavy atom. The molecule has 1 fully saturated rings. The van der Waals surface area contributed by atoms with Crippen LogP contribution in [-0.4, -0.2) is 43.7 Å². The second-order valence-corrected chi connectivity index (χ2v) is 4.48. The molecule has 1 aromatic rings. The summed E-state index contributed by atoms with van der Waals surface area (Å²) < 4.78 is 5.27. The van der Waals surface area contributed by atoms with Crippen LogP contribution in [0.4, 0.5) is 0 Å². The highest BCUT2D eigenvalue weighted by atomic mass is 16.5. The number of nitrogens with two attached hydrogens (primary N) is 1. The van der Waals surface area contributed by atoms with Crippen molar-refractivity contribution in [1.82, 2.24) is 4.90 Å². The van der Waals surface area contributed by atoms with Gasteiger partial charge < -0.3 is 15.4 Å². The van der Waals surface area contributed by atoms with Crippen molar-refractivity contribution in [2.75, 3.05) is 26.7 Å². The summed E-state index contributed by atoms with van der Waals surface area (Å²) in [7, 11) is 1.68. The van der Waals surface area contributed by atoms with Gasteiger partial charge in [0.15, 0.2) is 0 Å². The first-order chi connectivity index (χ1) is 9.24. The SMILES string of the molecule is COC1CCN(C(=O)c2ccc(C#CCN)cc2)C1. The highest BCUT2D eigenvalue weighted by Crippen LogP contribution is 2.15. The van der Waals surface area contributed by atoms with Gasteiger partial charge in [0.1, 0.15) is 0 Å². The van der Waals surface area contributed by atoms with Gasteiger partial charge in [-0.05, 0) is 30.7 Å². The first kappa shape index (κ1) is 13.6. The Kier molecular flexibility index (Phi) is 4.56. The van der Waals surface area contributed by atoms with Gasteiger partial charge in [0.25, 0.3) is 5.91 Å². The van der Waals surface area contributed by atoms with E-state index in [1.807, 2.05) is 29.2 Å². The second-order valence-electron chi connectivity index (χ2n) is 4.48. The summed E-state index contributed by atoms with van der Waals surface area (Å²) in [5.41, 5.74) is 6.88. The number of nitrogens with zero attached hydrogens (tertiary/aromatic N) is 1. The van der Waals surface area contributed by atoms with Crippen LogP contribution in [0, 0.1) is 11.8 Å². The average molecular weight is 258 g/mol. The number of ether oxygens (including phenoxy) is 1. The summed E-state index contributed by atoms with van der Waals surface area (Å²) in [6.07, 6.45) is 1.07. The van der Waals surface area contributed by atoms with Crippen LogP contribution in [0.2, 0.25) is 0 Å². The molecule has 0 saturated carbocycles. The van der Waals surface area contributed by atoms with Crippen molar-refractivity contribution < 1.29 is 9.53 Å². The molecule has 2 rings (SSSR count). The van der Waals surface area contributed by atoms with Crippen LogP contribution in [0.25, 0.3) is 0 Å². The maximum absolute atomic E-state index is 12.2. The molecular formula is C15H18N2O2. The second kappa shape index (κ2) is 6.37. The monoisotopic (exact) mass is 258 g/mol. The highest BCUT2D eigenvalue weighted by molar-refractivity contribution is 5.94. The third-order valence-electron chi connectivity index (χ3n) is 3.23. The van der Waals surface area contributed by atoms with E-state index < -0.39 is 0 Å². The summed E-state index contributed by atoms with van der Waals surface area (Å²) in [4.78, 5) is 14.1. The first-order valence-corrected chi connectivity index (χ1v) is 6.35. The molecule has 0 aromatic heterocycles. The lowest BCUT2D eigenvalue weighted by molar-refractivity contribution is 0.0724. The number of methoxy groups -OCH3 is 1. The predicted molar refractivity (Wildman–Crippen MR) is 73.7 cm³/mol. The molecule has 0 bridgehead atoms. The fourth-order valence-corrected chi connectivity index (χ4v) is 2.14. The van der Waals surface area contributed by atoms with Crippen molar-refractivity contribution >= 4 is 5.91 Å². The molecule has 1 aliphatic heterocycles. The van der Waals surface area contributed by atoms with Crippen LogP contribution in [0.15, 0.2) is 24.3 Å². The van der Waals surface area contributed by atoms with E-state index in [1.54, 1.807) is 7.11 Å². The Morgan fingerprint density at radius 2 is 2.21 bits per heavy atom. The highest BCUT2D eigenvalue weighted by Gasteiger charge is 2.26. The Hall–Kier alpha value is -1.83. The van der Waals surface area contributed by atoms with Crippen molar-refractivity contribution in [3.05, 3.63) is 35.4 Å². The average Bonchev–Trinajstić information content (AvgIpc) is 2.94. The molecular weight excluding hydrogens is 240 g/mol. The van der Waals surface area contributed by atoms with Gasteiger partial charge >= 0.3 is 0 Å². The Labute approximate surface area is 113 Å². The molecule has 1 aliphatic rings. The third kappa shape index (κ3) is 3.34. The molecule has 1 atom stereocenters. The van der Waals surface area contributed by atoms with Crippen molar-refractivity contribution in [2.45, 2.75) is 12.5 Å². The molecule has 1 amide bonds. The van der Waals surface area contributed by atoms with Crippen molar-refractivity contribution in [1.29, 1.82) is 0 Å². The molecule has 0 spiro atoms. The molecule has 4 heteroatoms. The van der Waals surface area contributed by atoms with Gasteiger partial charge in [-0.1, -0.05) is 11.8 Å². The third-order valence-corrected chi connectivity index (χ3v) is 3.23. The lowest BCUT2D eigenvalue weighted by atomic mass is 10.1. The van der Waals surface area contributed by atoms with Gasteiger partial charge in [0.2, 0.25) is 0 Å². The Morgan fingerprint density at radius 3 is 2.79 bits per heavy atom. The Balaban J connectivity index is 2.04. The summed E-state index contributed by atoms with van der Waals surface area (Å²) in [6, 6.07) is 7.31. The minimum atomic E-state index is 0.0536. The maximum Gasteiger partial charge on any atom is 0.253 e. The zero-order valence-corrected chi connectivity index (χ0v) is 11.1. The van der Waals surface area contributed by atoms with Crippen LogP contribution in [-0.2, 0) is 4.74 Å². The van der Waals surface area contributed by atoms with E-state index in [-0.39, 0.29) is 12.0 Å². The minimum absolute atomic E-state index is 0.0536. The molecule has 1 heterocycles. The number of carbonyl (C=O) groups is 1. The minimum Gasteiger partial charge on any atom is -0.380 e. The van der Waals surface area contributed by atoms with E-state index in [1.165, 1.54) is 0 Å². The predicted octanol–water partition coefficient (Wildman–Crippen LogP) is 0.858. The van der Waals surface area contributed by atoms with Gasteiger partial charge in [-0.15, -0.1) is 0 Å². The van der Waals surface area contributed by atoms with E-state index in [9.17, 15) is 4.79 Å². The van der Waals surface area contributed by atoms with Gasteiger partial charge in [0, 0.05) is 31.3 Å².